The molecule has 1 aliphatic heterocycles. The average Bonchev–Trinajstić information content (AvgIpc) is 2.98. The molecule has 0 bridgehead atoms. The molecule has 1 saturated heterocycles. The lowest BCUT2D eigenvalue weighted by Gasteiger charge is -2.25. The molecule has 128 valence electrons. The van der Waals surface area contributed by atoms with Crippen molar-refractivity contribution in [1.29, 1.82) is 0 Å². The lowest BCUT2D eigenvalue weighted by Crippen LogP contribution is -2.35. The van der Waals surface area contributed by atoms with E-state index in [4.69, 9.17) is 16.3 Å². The van der Waals surface area contributed by atoms with Crippen molar-refractivity contribution in [2.24, 2.45) is 0 Å². The van der Waals surface area contributed by atoms with Crippen LogP contribution in [0.25, 0.3) is 0 Å². The molecule has 0 radical (unpaired) electrons. The maximum Gasteiger partial charge on any atom is 0.259 e. The van der Waals surface area contributed by atoms with Crippen LogP contribution in [-0.4, -0.2) is 42.1 Å². The minimum absolute atomic E-state index is 0.138. The Morgan fingerprint density at radius 2 is 2.04 bits per heavy atom. The third kappa shape index (κ3) is 4.07. The molecule has 1 amide bonds. The van der Waals surface area contributed by atoms with Crippen molar-refractivity contribution in [3.63, 3.8) is 0 Å². The van der Waals surface area contributed by atoms with Crippen molar-refractivity contribution in [3.8, 4) is 0 Å². The summed E-state index contributed by atoms with van der Waals surface area (Å²) in [4.78, 5) is 18.7. The second-order valence-corrected chi connectivity index (χ2v) is 6.50. The van der Waals surface area contributed by atoms with Gasteiger partial charge >= 0.3 is 0 Å². The molecule has 1 aromatic carbocycles. The number of hydrogen-bond acceptors (Lipinski definition) is 5. The Kier molecular flexibility index (Phi) is 5.40. The lowest BCUT2D eigenvalue weighted by molar-refractivity contribution is 0.0337. The largest absolute Gasteiger partial charge is 0.379 e. The number of halogens is 3. The summed E-state index contributed by atoms with van der Waals surface area (Å²) in [6.07, 6.45) is 0. The van der Waals surface area contributed by atoms with Crippen LogP contribution in [0.15, 0.2) is 17.5 Å². The summed E-state index contributed by atoms with van der Waals surface area (Å²) < 4.78 is 31.6. The van der Waals surface area contributed by atoms with E-state index in [0.717, 1.165) is 30.9 Å². The fraction of sp³-hybridized carbons (Fsp3) is 0.333. The standard InChI is InChI=1S/C15H14ClF2N3O2S/c16-11-6-13(18)12(17)5-10(11)14(22)20-15-19-9(8-24-15)7-21-1-3-23-4-2-21/h5-6,8H,1-4,7H2,(H,19,20,22). The number of benzene rings is 1. The predicted molar refractivity (Wildman–Crippen MR) is 87.5 cm³/mol. The molecule has 5 nitrogen and oxygen atoms in total. The van der Waals surface area contributed by atoms with Gasteiger partial charge in [0.2, 0.25) is 0 Å². The van der Waals surface area contributed by atoms with E-state index in [2.05, 4.69) is 15.2 Å². The average molecular weight is 374 g/mol. The molecule has 2 heterocycles. The molecule has 0 atom stereocenters. The highest BCUT2D eigenvalue weighted by Crippen LogP contribution is 2.23. The van der Waals surface area contributed by atoms with Crippen molar-refractivity contribution < 1.29 is 18.3 Å². The van der Waals surface area contributed by atoms with E-state index >= 15 is 0 Å². The molecule has 0 unspecified atom stereocenters. The summed E-state index contributed by atoms with van der Waals surface area (Å²) in [6, 6.07) is 1.55. The molecule has 2 aromatic rings. The normalized spacial score (nSPS) is 15.5. The van der Waals surface area contributed by atoms with E-state index < -0.39 is 17.5 Å². The van der Waals surface area contributed by atoms with Gasteiger partial charge in [0, 0.05) is 25.0 Å². The first-order chi connectivity index (χ1) is 11.5. The number of carbonyl (C=O) groups is 1. The summed E-state index contributed by atoms with van der Waals surface area (Å²) >= 11 is 7.06. The zero-order valence-electron chi connectivity index (χ0n) is 12.5. The zero-order valence-corrected chi connectivity index (χ0v) is 14.1. The van der Waals surface area contributed by atoms with Crippen LogP contribution in [0, 0.1) is 11.6 Å². The summed E-state index contributed by atoms with van der Waals surface area (Å²) in [5.41, 5.74) is 0.689. The fourth-order valence-corrected chi connectivity index (χ4v) is 3.22. The Balaban J connectivity index is 1.66. The topological polar surface area (TPSA) is 54.5 Å². The Morgan fingerprint density at radius 1 is 1.33 bits per heavy atom. The molecule has 0 saturated carbocycles. The van der Waals surface area contributed by atoms with Crippen LogP contribution in [0.2, 0.25) is 5.02 Å². The first-order valence-electron chi connectivity index (χ1n) is 7.23. The molecule has 1 aliphatic rings. The number of rotatable bonds is 4. The van der Waals surface area contributed by atoms with Gasteiger partial charge in [-0.25, -0.2) is 13.8 Å². The van der Waals surface area contributed by atoms with E-state index in [1.165, 1.54) is 11.3 Å². The number of hydrogen-bond donors (Lipinski definition) is 1. The molecule has 1 N–H and O–H groups in total. The number of nitrogens with one attached hydrogen (secondary N) is 1. The van der Waals surface area contributed by atoms with Gasteiger partial charge in [-0.05, 0) is 12.1 Å². The Hall–Kier alpha value is -1.61. The monoisotopic (exact) mass is 373 g/mol. The zero-order chi connectivity index (χ0) is 17.1. The molecule has 3 rings (SSSR count). The first-order valence-corrected chi connectivity index (χ1v) is 8.49. The van der Waals surface area contributed by atoms with E-state index in [0.29, 0.717) is 24.9 Å². The summed E-state index contributed by atoms with van der Waals surface area (Å²) in [6.45, 7) is 3.74. The molecular weight excluding hydrogens is 360 g/mol. The molecule has 0 aliphatic carbocycles. The number of thiazole rings is 1. The highest BCUT2D eigenvalue weighted by atomic mass is 35.5. The summed E-state index contributed by atoms with van der Waals surface area (Å²) in [5.74, 6) is -2.86. The van der Waals surface area contributed by atoms with Crippen LogP contribution < -0.4 is 5.32 Å². The fourth-order valence-electron chi connectivity index (χ4n) is 2.29. The van der Waals surface area contributed by atoms with Gasteiger partial charge in [-0.15, -0.1) is 11.3 Å². The number of amides is 1. The molecule has 9 heteroatoms. The van der Waals surface area contributed by atoms with Crippen LogP contribution >= 0.6 is 22.9 Å². The van der Waals surface area contributed by atoms with Crippen molar-refractivity contribution in [2.45, 2.75) is 6.54 Å². The third-order valence-electron chi connectivity index (χ3n) is 3.52. The first kappa shape index (κ1) is 17.2. The second kappa shape index (κ2) is 7.52. The summed E-state index contributed by atoms with van der Waals surface area (Å²) in [7, 11) is 0. The van der Waals surface area contributed by atoms with Gasteiger partial charge in [0.15, 0.2) is 16.8 Å². The SMILES string of the molecule is O=C(Nc1nc(CN2CCOCC2)cs1)c1cc(F)c(F)cc1Cl. The number of morpholine rings is 1. The number of ether oxygens (including phenoxy) is 1. The minimum atomic E-state index is -1.13. The molecule has 24 heavy (non-hydrogen) atoms. The summed E-state index contributed by atoms with van der Waals surface area (Å²) in [5, 5.41) is 4.62. The van der Waals surface area contributed by atoms with Gasteiger partial charge in [0.25, 0.3) is 5.91 Å². The molecular formula is C15H14ClF2N3O2S. The quantitative estimate of drug-likeness (QED) is 0.836. The number of anilines is 1. The highest BCUT2D eigenvalue weighted by Gasteiger charge is 2.17. The van der Waals surface area contributed by atoms with Gasteiger partial charge < -0.3 is 4.74 Å². The van der Waals surface area contributed by atoms with E-state index in [9.17, 15) is 13.6 Å². The van der Waals surface area contributed by atoms with Gasteiger partial charge in [-0.3, -0.25) is 15.0 Å². The van der Waals surface area contributed by atoms with Crippen molar-refractivity contribution in [3.05, 3.63) is 45.4 Å². The Bertz CT molecular complexity index is 750. The van der Waals surface area contributed by atoms with Crippen LogP contribution in [0.1, 0.15) is 16.1 Å². The molecule has 0 spiro atoms. The van der Waals surface area contributed by atoms with E-state index in [1.54, 1.807) is 0 Å². The number of nitrogens with zero attached hydrogens (tertiary/aromatic N) is 2. The lowest BCUT2D eigenvalue weighted by atomic mass is 10.2. The maximum atomic E-state index is 13.3. The van der Waals surface area contributed by atoms with Crippen LogP contribution in [0.3, 0.4) is 0 Å². The third-order valence-corrected chi connectivity index (χ3v) is 4.64. The van der Waals surface area contributed by atoms with Crippen molar-refractivity contribution in [2.75, 3.05) is 31.6 Å². The van der Waals surface area contributed by atoms with Gasteiger partial charge in [-0.1, -0.05) is 11.6 Å². The van der Waals surface area contributed by atoms with Gasteiger partial charge in [-0.2, -0.15) is 0 Å². The van der Waals surface area contributed by atoms with E-state index in [1.807, 2.05) is 5.38 Å². The Labute approximate surface area is 146 Å². The smallest absolute Gasteiger partial charge is 0.259 e. The molecule has 1 fully saturated rings. The van der Waals surface area contributed by atoms with Crippen LogP contribution in [0.5, 0.6) is 0 Å². The highest BCUT2D eigenvalue weighted by molar-refractivity contribution is 7.14. The second-order valence-electron chi connectivity index (χ2n) is 5.23. The maximum absolute atomic E-state index is 13.3. The number of aromatic nitrogens is 1. The van der Waals surface area contributed by atoms with Gasteiger partial charge in [0.05, 0.1) is 29.5 Å². The predicted octanol–water partition coefficient (Wildman–Crippen LogP) is 3.16. The van der Waals surface area contributed by atoms with Crippen LogP contribution in [0.4, 0.5) is 13.9 Å². The van der Waals surface area contributed by atoms with Gasteiger partial charge in [0.1, 0.15) is 0 Å². The minimum Gasteiger partial charge on any atom is -0.379 e. The Morgan fingerprint density at radius 3 is 2.79 bits per heavy atom. The number of carbonyl (C=O) groups excluding carboxylic acids is 1. The van der Waals surface area contributed by atoms with Crippen molar-refractivity contribution in [1.82, 2.24) is 9.88 Å². The molecule has 1 aromatic heterocycles. The van der Waals surface area contributed by atoms with Crippen LogP contribution in [-0.2, 0) is 11.3 Å². The van der Waals surface area contributed by atoms with Crippen molar-refractivity contribution >= 4 is 34.0 Å². The van der Waals surface area contributed by atoms with E-state index in [-0.39, 0.29) is 10.6 Å².